The van der Waals surface area contributed by atoms with Crippen LogP contribution < -0.4 is 4.90 Å². The van der Waals surface area contributed by atoms with Crippen molar-refractivity contribution >= 4 is 91.7 Å². The predicted octanol–water partition coefficient (Wildman–Crippen LogP) is 13.8. The van der Waals surface area contributed by atoms with E-state index in [9.17, 15) is 0 Å². The average molecular weight is 628 g/mol. The van der Waals surface area contributed by atoms with Gasteiger partial charge >= 0.3 is 0 Å². The molecule has 1 aromatic heterocycles. The van der Waals surface area contributed by atoms with Gasteiger partial charge in [-0.15, -0.1) is 11.3 Å². The van der Waals surface area contributed by atoms with E-state index in [1.54, 1.807) is 0 Å². The minimum atomic E-state index is 1.14. The van der Waals surface area contributed by atoms with Crippen molar-refractivity contribution < 1.29 is 0 Å². The lowest BCUT2D eigenvalue weighted by molar-refractivity contribution is 1.30. The molecule has 1 heterocycles. The zero-order chi connectivity index (χ0) is 31.6. The number of nitrogens with zero attached hydrogens (tertiary/aromatic N) is 1. The minimum absolute atomic E-state index is 1.14. The van der Waals surface area contributed by atoms with Gasteiger partial charge in [0.15, 0.2) is 0 Å². The lowest BCUT2D eigenvalue weighted by Gasteiger charge is -2.28. The van der Waals surface area contributed by atoms with Gasteiger partial charge in [0, 0.05) is 37.1 Å². The summed E-state index contributed by atoms with van der Waals surface area (Å²) in [5.41, 5.74) is 5.83. The Bertz CT molecular complexity index is 2850. The Kier molecular flexibility index (Phi) is 6.12. The fourth-order valence-corrected chi connectivity index (χ4v) is 8.81. The van der Waals surface area contributed by atoms with Gasteiger partial charge in [-0.3, -0.25) is 0 Å². The first-order chi connectivity index (χ1) is 23.8. The van der Waals surface area contributed by atoms with Gasteiger partial charge in [0.05, 0.1) is 5.69 Å². The van der Waals surface area contributed by atoms with Gasteiger partial charge in [0.1, 0.15) is 0 Å². The third-order valence-electron chi connectivity index (χ3n) is 9.82. The lowest BCUT2D eigenvalue weighted by atomic mass is 9.96. The van der Waals surface area contributed by atoms with Crippen molar-refractivity contribution in [2.45, 2.75) is 0 Å². The summed E-state index contributed by atoms with van der Waals surface area (Å²) in [6, 6.07) is 64.5. The minimum Gasteiger partial charge on any atom is -0.310 e. The van der Waals surface area contributed by atoms with Crippen molar-refractivity contribution in [2.75, 3.05) is 4.90 Å². The first kappa shape index (κ1) is 27.2. The molecule has 0 N–H and O–H groups in total. The quantitative estimate of drug-likeness (QED) is 0.176. The van der Waals surface area contributed by atoms with Crippen LogP contribution >= 0.6 is 11.3 Å². The Morgan fingerprint density at radius 2 is 0.917 bits per heavy atom. The van der Waals surface area contributed by atoms with E-state index in [-0.39, 0.29) is 0 Å². The van der Waals surface area contributed by atoms with Crippen LogP contribution in [0.25, 0.3) is 74.4 Å². The second-order valence-corrected chi connectivity index (χ2v) is 13.6. The highest BCUT2D eigenvalue weighted by atomic mass is 32.1. The molecule has 0 unspecified atom stereocenters. The van der Waals surface area contributed by atoms with Gasteiger partial charge in [0.25, 0.3) is 0 Å². The Hall–Kier alpha value is -5.96. The first-order valence-electron chi connectivity index (χ1n) is 16.4. The summed E-state index contributed by atoms with van der Waals surface area (Å²) >= 11 is 1.89. The highest BCUT2D eigenvalue weighted by Gasteiger charge is 2.19. The number of anilines is 3. The molecule has 10 rings (SSSR count). The van der Waals surface area contributed by atoms with E-state index >= 15 is 0 Å². The molecule has 0 spiro atoms. The van der Waals surface area contributed by atoms with Gasteiger partial charge in [-0.05, 0) is 79.0 Å². The van der Waals surface area contributed by atoms with Gasteiger partial charge in [-0.2, -0.15) is 0 Å². The van der Waals surface area contributed by atoms with Crippen molar-refractivity contribution in [3.05, 3.63) is 176 Å². The van der Waals surface area contributed by atoms with Crippen LogP contribution in [0.5, 0.6) is 0 Å². The Balaban J connectivity index is 1.24. The van der Waals surface area contributed by atoms with Crippen LogP contribution in [-0.4, -0.2) is 0 Å². The predicted molar refractivity (Wildman–Crippen MR) is 209 cm³/mol. The van der Waals surface area contributed by atoms with Crippen LogP contribution in [0.4, 0.5) is 17.1 Å². The third kappa shape index (κ3) is 4.24. The molecular formula is C46H29NS. The summed E-state index contributed by atoms with van der Waals surface area (Å²) in [7, 11) is 0. The Morgan fingerprint density at radius 3 is 1.75 bits per heavy atom. The summed E-state index contributed by atoms with van der Waals surface area (Å²) in [6.07, 6.45) is 0. The molecule has 0 radical (unpaired) electrons. The fourth-order valence-electron chi connectivity index (χ4n) is 7.53. The zero-order valence-electron chi connectivity index (χ0n) is 26.1. The van der Waals surface area contributed by atoms with E-state index in [1.807, 2.05) is 11.3 Å². The largest absolute Gasteiger partial charge is 0.310 e. The molecule has 0 aliphatic heterocycles. The van der Waals surface area contributed by atoms with Crippen molar-refractivity contribution in [3.63, 3.8) is 0 Å². The third-order valence-corrected chi connectivity index (χ3v) is 11.0. The van der Waals surface area contributed by atoms with Crippen LogP contribution in [0.15, 0.2) is 176 Å². The molecule has 224 valence electrons. The van der Waals surface area contributed by atoms with Gasteiger partial charge in [-0.25, -0.2) is 0 Å². The standard InChI is InChI=1S/C46H29NS/c1-2-10-30(11-3-1)37-15-8-9-17-44(37)47(35-23-27-41-42-26-21-32-13-5-7-16-38(32)46(42)48-45(41)29-35)34-22-18-33-20-24-39-36-14-6-4-12-31(36)19-25-40(39)43(33)28-34/h1-29H. The summed E-state index contributed by atoms with van der Waals surface area (Å²) in [5.74, 6) is 0. The van der Waals surface area contributed by atoms with Crippen molar-refractivity contribution in [3.8, 4) is 11.1 Å². The van der Waals surface area contributed by atoms with Crippen LogP contribution in [-0.2, 0) is 0 Å². The summed E-state index contributed by atoms with van der Waals surface area (Å²) < 4.78 is 2.64. The number of benzene rings is 9. The molecule has 0 atom stereocenters. The highest BCUT2D eigenvalue weighted by molar-refractivity contribution is 7.26. The number of fused-ring (bicyclic) bond motifs is 10. The maximum Gasteiger partial charge on any atom is 0.0540 e. The zero-order valence-corrected chi connectivity index (χ0v) is 26.9. The molecule has 0 aliphatic rings. The van der Waals surface area contributed by atoms with Gasteiger partial charge in [-0.1, -0.05) is 146 Å². The Labute approximate surface area is 282 Å². The van der Waals surface area contributed by atoms with Crippen LogP contribution in [0, 0.1) is 0 Å². The average Bonchev–Trinajstić information content (AvgIpc) is 3.54. The van der Waals surface area contributed by atoms with E-state index < -0.39 is 0 Å². The molecule has 0 bridgehead atoms. The molecule has 0 aliphatic carbocycles. The summed E-state index contributed by atoms with van der Waals surface area (Å²) in [6.45, 7) is 0. The SMILES string of the molecule is c1ccc(-c2ccccc2N(c2ccc3c(c2)sc2c4ccccc4ccc32)c2ccc3ccc4c5ccccc5ccc4c3c2)cc1. The topological polar surface area (TPSA) is 3.24 Å². The first-order valence-corrected chi connectivity index (χ1v) is 17.2. The smallest absolute Gasteiger partial charge is 0.0540 e. The summed E-state index contributed by atoms with van der Waals surface area (Å²) in [4.78, 5) is 2.45. The molecule has 0 fully saturated rings. The van der Waals surface area contributed by atoms with E-state index in [0.717, 1.165) is 17.1 Å². The number of hydrogen-bond acceptors (Lipinski definition) is 2. The molecular weight excluding hydrogens is 599 g/mol. The lowest BCUT2D eigenvalue weighted by Crippen LogP contribution is -2.11. The molecule has 9 aromatic carbocycles. The molecule has 0 amide bonds. The van der Waals surface area contributed by atoms with E-state index in [4.69, 9.17) is 0 Å². The maximum absolute atomic E-state index is 2.45. The second kappa shape index (κ2) is 10.8. The molecule has 10 aromatic rings. The maximum atomic E-state index is 2.45. The normalized spacial score (nSPS) is 11.8. The molecule has 0 saturated carbocycles. The summed E-state index contributed by atoms with van der Waals surface area (Å²) in [5, 5.41) is 12.8. The number of hydrogen-bond donors (Lipinski definition) is 0. The van der Waals surface area contributed by atoms with E-state index in [1.165, 1.54) is 74.4 Å². The van der Waals surface area contributed by atoms with Crippen LogP contribution in [0.1, 0.15) is 0 Å². The number of thiophene rings is 1. The highest BCUT2D eigenvalue weighted by Crippen LogP contribution is 2.46. The molecule has 1 nitrogen and oxygen atoms in total. The van der Waals surface area contributed by atoms with Gasteiger partial charge < -0.3 is 4.90 Å². The molecule has 48 heavy (non-hydrogen) atoms. The van der Waals surface area contributed by atoms with Crippen molar-refractivity contribution in [1.29, 1.82) is 0 Å². The molecule has 2 heteroatoms. The number of rotatable bonds is 4. The van der Waals surface area contributed by atoms with Crippen molar-refractivity contribution in [1.82, 2.24) is 0 Å². The fraction of sp³-hybridized carbons (Fsp3) is 0. The second-order valence-electron chi connectivity index (χ2n) is 12.5. The van der Waals surface area contributed by atoms with E-state index in [0.29, 0.717) is 0 Å². The van der Waals surface area contributed by atoms with E-state index in [2.05, 4.69) is 181 Å². The monoisotopic (exact) mass is 627 g/mol. The number of para-hydroxylation sites is 1. The molecule has 0 saturated heterocycles. The Morgan fingerprint density at radius 1 is 0.354 bits per heavy atom. The van der Waals surface area contributed by atoms with Crippen LogP contribution in [0.2, 0.25) is 0 Å². The van der Waals surface area contributed by atoms with Crippen molar-refractivity contribution in [2.24, 2.45) is 0 Å². The van der Waals surface area contributed by atoms with Crippen LogP contribution in [0.3, 0.4) is 0 Å². The van der Waals surface area contributed by atoms with Gasteiger partial charge in [0.2, 0.25) is 0 Å².